The third-order valence-corrected chi connectivity index (χ3v) is 3.76. The number of rotatable bonds is 7. The molecule has 0 aliphatic heterocycles. The Balaban J connectivity index is 2.33. The molecule has 0 saturated heterocycles. The van der Waals surface area contributed by atoms with Gasteiger partial charge in [-0.15, -0.1) is 0 Å². The molecule has 1 unspecified atom stereocenters. The van der Waals surface area contributed by atoms with Crippen molar-refractivity contribution in [2.75, 3.05) is 6.54 Å². The molecule has 0 aliphatic rings. The molecule has 1 aromatic carbocycles. The highest BCUT2D eigenvalue weighted by molar-refractivity contribution is 9.10. The third-order valence-electron chi connectivity index (χ3n) is 2.99. The van der Waals surface area contributed by atoms with E-state index in [9.17, 15) is 9.59 Å². The molecule has 0 heterocycles. The largest absolute Gasteiger partial charge is 0.481 e. The highest BCUT2D eigenvalue weighted by Gasteiger charge is 2.12. The first-order chi connectivity index (χ1) is 9.52. The van der Waals surface area contributed by atoms with Crippen molar-refractivity contribution in [3.8, 4) is 0 Å². The lowest BCUT2D eigenvalue weighted by Gasteiger charge is -2.14. The zero-order valence-corrected chi connectivity index (χ0v) is 12.9. The van der Waals surface area contributed by atoms with E-state index >= 15 is 0 Å². The minimum Gasteiger partial charge on any atom is -0.481 e. The van der Waals surface area contributed by atoms with Gasteiger partial charge in [0.15, 0.2) is 0 Å². The molecule has 5 nitrogen and oxygen atoms in total. The van der Waals surface area contributed by atoms with Crippen molar-refractivity contribution in [1.82, 2.24) is 10.6 Å². The molecule has 1 rings (SSSR count). The predicted octanol–water partition coefficient (Wildman–Crippen LogP) is 2.75. The molecule has 20 heavy (non-hydrogen) atoms. The van der Waals surface area contributed by atoms with E-state index < -0.39 is 5.97 Å². The van der Waals surface area contributed by atoms with Crippen LogP contribution in [0.4, 0.5) is 4.79 Å². The molecule has 0 aliphatic carbocycles. The smallest absolute Gasteiger partial charge is 0.315 e. The average molecular weight is 343 g/mol. The standard InChI is InChI=1S/C14H19BrN2O3/c1-2-10(7-13(18)19)8-16-14(20)17-9-11-5-3-4-6-12(11)15/h3-6,10H,2,7-9H2,1H3,(H,18,19)(H2,16,17,20). The van der Waals surface area contributed by atoms with Crippen molar-refractivity contribution in [2.45, 2.75) is 26.3 Å². The van der Waals surface area contributed by atoms with E-state index in [-0.39, 0.29) is 18.4 Å². The number of halogens is 1. The van der Waals surface area contributed by atoms with Crippen molar-refractivity contribution in [1.29, 1.82) is 0 Å². The molecule has 0 spiro atoms. The first-order valence-electron chi connectivity index (χ1n) is 6.49. The van der Waals surface area contributed by atoms with Crippen LogP contribution in [-0.4, -0.2) is 23.7 Å². The second-order valence-electron chi connectivity index (χ2n) is 4.53. The normalized spacial score (nSPS) is 11.7. The maximum Gasteiger partial charge on any atom is 0.315 e. The second kappa shape index (κ2) is 8.58. The Morgan fingerprint density at radius 3 is 2.60 bits per heavy atom. The van der Waals surface area contributed by atoms with Crippen LogP contribution in [0.25, 0.3) is 0 Å². The van der Waals surface area contributed by atoms with Crippen LogP contribution in [0.1, 0.15) is 25.3 Å². The number of carbonyl (C=O) groups is 2. The second-order valence-corrected chi connectivity index (χ2v) is 5.38. The van der Waals surface area contributed by atoms with E-state index in [0.717, 1.165) is 16.5 Å². The van der Waals surface area contributed by atoms with Crippen LogP contribution in [0, 0.1) is 5.92 Å². The molecular weight excluding hydrogens is 324 g/mol. The summed E-state index contributed by atoms with van der Waals surface area (Å²) in [5, 5.41) is 14.2. The number of hydrogen-bond donors (Lipinski definition) is 3. The van der Waals surface area contributed by atoms with Crippen molar-refractivity contribution in [2.24, 2.45) is 5.92 Å². The summed E-state index contributed by atoms with van der Waals surface area (Å²) in [6.07, 6.45) is 0.790. The zero-order chi connectivity index (χ0) is 15.0. The molecule has 0 fully saturated rings. The fraction of sp³-hybridized carbons (Fsp3) is 0.429. The molecular formula is C14H19BrN2O3. The Morgan fingerprint density at radius 2 is 2.00 bits per heavy atom. The first kappa shape index (κ1) is 16.5. The molecule has 1 aromatic rings. The number of hydrogen-bond acceptors (Lipinski definition) is 2. The summed E-state index contributed by atoms with van der Waals surface area (Å²) in [5.74, 6) is -0.881. The molecule has 2 amide bonds. The molecule has 0 aromatic heterocycles. The van der Waals surface area contributed by atoms with Crippen LogP contribution >= 0.6 is 15.9 Å². The van der Waals surface area contributed by atoms with Gasteiger partial charge in [0.2, 0.25) is 0 Å². The Morgan fingerprint density at radius 1 is 1.30 bits per heavy atom. The molecule has 3 N–H and O–H groups in total. The van der Waals surface area contributed by atoms with Crippen LogP contribution in [0.3, 0.4) is 0 Å². The van der Waals surface area contributed by atoms with Gasteiger partial charge in [-0.1, -0.05) is 47.5 Å². The molecule has 110 valence electrons. The predicted molar refractivity (Wildman–Crippen MR) is 80.4 cm³/mol. The average Bonchev–Trinajstić information content (AvgIpc) is 2.42. The van der Waals surface area contributed by atoms with Crippen molar-refractivity contribution < 1.29 is 14.7 Å². The lowest BCUT2D eigenvalue weighted by atomic mass is 10.0. The van der Waals surface area contributed by atoms with Crippen molar-refractivity contribution >= 4 is 27.9 Å². The highest BCUT2D eigenvalue weighted by Crippen LogP contribution is 2.15. The number of carboxylic acids is 1. The Bertz CT molecular complexity index is 465. The van der Waals surface area contributed by atoms with Gasteiger partial charge in [-0.05, 0) is 17.5 Å². The lowest BCUT2D eigenvalue weighted by molar-refractivity contribution is -0.138. The van der Waals surface area contributed by atoms with Gasteiger partial charge in [0.1, 0.15) is 0 Å². The van der Waals surface area contributed by atoms with Gasteiger partial charge in [-0.2, -0.15) is 0 Å². The summed E-state index contributed by atoms with van der Waals surface area (Å²) >= 11 is 3.41. The quantitative estimate of drug-likeness (QED) is 0.712. The lowest BCUT2D eigenvalue weighted by Crippen LogP contribution is -2.38. The van der Waals surface area contributed by atoms with E-state index in [2.05, 4.69) is 26.6 Å². The zero-order valence-electron chi connectivity index (χ0n) is 11.4. The topological polar surface area (TPSA) is 78.4 Å². The minimum atomic E-state index is -0.840. The van der Waals surface area contributed by atoms with Crippen LogP contribution in [-0.2, 0) is 11.3 Å². The molecule has 6 heteroatoms. The van der Waals surface area contributed by atoms with Gasteiger partial charge in [0.25, 0.3) is 0 Å². The molecule has 0 bridgehead atoms. The third kappa shape index (κ3) is 6.06. The van der Waals surface area contributed by atoms with Crippen LogP contribution in [0.15, 0.2) is 28.7 Å². The van der Waals surface area contributed by atoms with Crippen LogP contribution in [0.5, 0.6) is 0 Å². The summed E-state index contributed by atoms with van der Waals surface area (Å²) < 4.78 is 0.942. The number of urea groups is 1. The van der Waals surface area contributed by atoms with Crippen molar-refractivity contribution in [3.05, 3.63) is 34.3 Å². The number of aliphatic carboxylic acids is 1. The maximum atomic E-state index is 11.6. The van der Waals surface area contributed by atoms with E-state index in [1.165, 1.54) is 0 Å². The number of nitrogens with one attached hydrogen (secondary N) is 2. The number of carboxylic acid groups (broad SMARTS) is 1. The Labute approximate surface area is 126 Å². The first-order valence-corrected chi connectivity index (χ1v) is 7.29. The minimum absolute atomic E-state index is 0.0401. The fourth-order valence-corrected chi connectivity index (χ4v) is 2.15. The summed E-state index contributed by atoms with van der Waals surface area (Å²) in [4.78, 5) is 22.3. The van der Waals surface area contributed by atoms with Gasteiger partial charge in [-0.25, -0.2) is 4.79 Å². The van der Waals surface area contributed by atoms with Gasteiger partial charge in [0.05, 0.1) is 0 Å². The molecule has 1 atom stereocenters. The van der Waals surface area contributed by atoms with Crippen LogP contribution in [0.2, 0.25) is 0 Å². The monoisotopic (exact) mass is 342 g/mol. The van der Waals surface area contributed by atoms with Gasteiger partial charge in [-0.3, -0.25) is 4.79 Å². The van der Waals surface area contributed by atoms with E-state index in [4.69, 9.17) is 5.11 Å². The number of benzene rings is 1. The number of amides is 2. The Kier molecular flexibility index (Phi) is 7.08. The summed E-state index contributed by atoms with van der Waals surface area (Å²) in [6.45, 7) is 2.70. The summed E-state index contributed by atoms with van der Waals surface area (Å²) in [7, 11) is 0. The summed E-state index contributed by atoms with van der Waals surface area (Å²) in [5.41, 5.74) is 0.986. The SMILES string of the molecule is CCC(CNC(=O)NCc1ccccc1Br)CC(=O)O. The van der Waals surface area contributed by atoms with E-state index in [0.29, 0.717) is 13.1 Å². The highest BCUT2D eigenvalue weighted by atomic mass is 79.9. The fourth-order valence-electron chi connectivity index (χ4n) is 1.72. The van der Waals surface area contributed by atoms with Gasteiger partial charge < -0.3 is 15.7 Å². The summed E-state index contributed by atoms with van der Waals surface area (Å²) in [6, 6.07) is 7.36. The molecule has 0 saturated carbocycles. The number of carbonyl (C=O) groups excluding carboxylic acids is 1. The van der Waals surface area contributed by atoms with Crippen molar-refractivity contribution in [3.63, 3.8) is 0 Å². The van der Waals surface area contributed by atoms with E-state index in [1.807, 2.05) is 31.2 Å². The van der Waals surface area contributed by atoms with Gasteiger partial charge >= 0.3 is 12.0 Å². The Hall–Kier alpha value is -1.56. The van der Waals surface area contributed by atoms with E-state index in [1.54, 1.807) is 0 Å². The maximum absolute atomic E-state index is 11.6. The van der Waals surface area contributed by atoms with Crippen LogP contribution < -0.4 is 10.6 Å². The van der Waals surface area contributed by atoms with Gasteiger partial charge in [0, 0.05) is 24.0 Å². The molecule has 0 radical (unpaired) electrons.